The molecule has 66 valence electrons. The van der Waals surface area contributed by atoms with Gasteiger partial charge in [-0.05, 0) is 5.56 Å². The molecule has 0 saturated heterocycles. The predicted octanol–water partition coefficient (Wildman–Crippen LogP) is 1.62. The molecule has 1 aromatic heterocycles. The van der Waals surface area contributed by atoms with Crippen molar-refractivity contribution in [1.29, 1.82) is 0 Å². The molecule has 0 saturated carbocycles. The zero-order valence-corrected chi connectivity index (χ0v) is 7.85. The van der Waals surface area contributed by atoms with Crippen LogP contribution in [0, 0.1) is 0 Å². The lowest BCUT2D eigenvalue weighted by Crippen LogP contribution is -2.01. The van der Waals surface area contributed by atoms with Gasteiger partial charge in [0.1, 0.15) is 5.03 Å². The van der Waals surface area contributed by atoms with Crippen molar-refractivity contribution in [2.45, 2.75) is 11.6 Å². The Morgan fingerprint density at radius 2 is 2.00 bits per heavy atom. The van der Waals surface area contributed by atoms with Gasteiger partial charge >= 0.3 is 0 Å². The van der Waals surface area contributed by atoms with Gasteiger partial charge in [-0.3, -0.25) is 0 Å². The van der Waals surface area contributed by atoms with E-state index in [0.717, 1.165) is 11.6 Å². The van der Waals surface area contributed by atoms with Crippen LogP contribution in [-0.2, 0) is 6.54 Å². The van der Waals surface area contributed by atoms with Gasteiger partial charge in [0.25, 0.3) is 0 Å². The Balaban J connectivity index is 2.20. The molecule has 0 N–H and O–H groups in total. The van der Waals surface area contributed by atoms with E-state index in [9.17, 15) is 0 Å². The first-order valence-electron chi connectivity index (χ1n) is 3.97. The molecule has 0 bridgehead atoms. The van der Waals surface area contributed by atoms with Crippen molar-refractivity contribution in [3.63, 3.8) is 0 Å². The van der Waals surface area contributed by atoms with Gasteiger partial charge in [-0.15, -0.1) is 17.7 Å². The average molecular weight is 191 g/mol. The molecule has 0 unspecified atom stereocenters. The van der Waals surface area contributed by atoms with Crippen molar-refractivity contribution in [2.75, 3.05) is 0 Å². The molecular weight excluding hydrogens is 182 g/mol. The number of nitrogens with zero attached hydrogens (tertiary/aromatic N) is 3. The van der Waals surface area contributed by atoms with Crippen molar-refractivity contribution in [1.82, 2.24) is 15.0 Å². The first-order valence-corrected chi connectivity index (χ1v) is 4.42. The molecular formula is C9H9N3S. The highest BCUT2D eigenvalue weighted by atomic mass is 32.1. The molecule has 1 aromatic carbocycles. The molecule has 3 nitrogen and oxygen atoms in total. The summed E-state index contributed by atoms with van der Waals surface area (Å²) in [6, 6.07) is 10.1. The van der Waals surface area contributed by atoms with Gasteiger partial charge in [0.2, 0.25) is 0 Å². The van der Waals surface area contributed by atoms with Crippen LogP contribution in [0.25, 0.3) is 0 Å². The Bertz CT molecular complexity index is 383. The lowest BCUT2D eigenvalue weighted by Gasteiger charge is -2.01. The average Bonchev–Trinajstić information content (AvgIpc) is 2.54. The third-order valence-electron chi connectivity index (χ3n) is 1.77. The van der Waals surface area contributed by atoms with Crippen molar-refractivity contribution >= 4 is 12.6 Å². The third-order valence-corrected chi connectivity index (χ3v) is 2.12. The van der Waals surface area contributed by atoms with Gasteiger partial charge in [-0.2, -0.15) is 0 Å². The van der Waals surface area contributed by atoms with E-state index in [1.165, 1.54) is 5.56 Å². The Labute approximate surface area is 81.8 Å². The summed E-state index contributed by atoms with van der Waals surface area (Å²) in [6.45, 7) is 0.722. The molecule has 0 amide bonds. The van der Waals surface area contributed by atoms with Crippen LogP contribution in [0.4, 0.5) is 0 Å². The summed E-state index contributed by atoms with van der Waals surface area (Å²) in [5.74, 6) is 0. The lowest BCUT2D eigenvalue weighted by atomic mass is 10.2. The molecule has 4 heteroatoms. The first kappa shape index (κ1) is 8.31. The lowest BCUT2D eigenvalue weighted by molar-refractivity contribution is 0.605. The largest absolute Gasteiger partial charge is 0.235 e. The molecule has 1 heterocycles. The van der Waals surface area contributed by atoms with E-state index in [2.05, 4.69) is 35.1 Å². The molecule has 0 spiro atoms. The number of hydrogen-bond donors (Lipinski definition) is 1. The summed E-state index contributed by atoms with van der Waals surface area (Å²) in [6.07, 6.45) is 1.63. The maximum absolute atomic E-state index is 4.22. The smallest absolute Gasteiger partial charge is 0.112 e. The van der Waals surface area contributed by atoms with Gasteiger partial charge in [-0.1, -0.05) is 35.5 Å². The van der Waals surface area contributed by atoms with E-state index >= 15 is 0 Å². The summed E-state index contributed by atoms with van der Waals surface area (Å²) >= 11 is 4.22. The summed E-state index contributed by atoms with van der Waals surface area (Å²) < 4.78 is 1.75. The second-order valence-electron chi connectivity index (χ2n) is 2.74. The quantitative estimate of drug-likeness (QED) is 0.731. The fourth-order valence-electron chi connectivity index (χ4n) is 1.12. The number of hydrogen-bond acceptors (Lipinski definition) is 3. The normalized spacial score (nSPS) is 10.2. The Kier molecular flexibility index (Phi) is 2.31. The maximum atomic E-state index is 4.22. The van der Waals surface area contributed by atoms with E-state index in [1.54, 1.807) is 10.9 Å². The van der Waals surface area contributed by atoms with Crippen molar-refractivity contribution in [3.05, 3.63) is 42.1 Å². The fourth-order valence-corrected chi connectivity index (χ4v) is 1.28. The van der Waals surface area contributed by atoms with E-state index < -0.39 is 0 Å². The van der Waals surface area contributed by atoms with Crippen LogP contribution in [0.2, 0.25) is 0 Å². The summed E-state index contributed by atoms with van der Waals surface area (Å²) in [4.78, 5) is 0. The Morgan fingerprint density at radius 1 is 1.23 bits per heavy atom. The van der Waals surface area contributed by atoms with Crippen LogP contribution in [0.1, 0.15) is 5.56 Å². The summed E-state index contributed by atoms with van der Waals surface area (Å²) in [7, 11) is 0. The van der Waals surface area contributed by atoms with Gasteiger partial charge in [0, 0.05) is 0 Å². The summed E-state index contributed by atoms with van der Waals surface area (Å²) in [5.41, 5.74) is 1.20. The molecule has 13 heavy (non-hydrogen) atoms. The van der Waals surface area contributed by atoms with Crippen LogP contribution >= 0.6 is 12.6 Å². The van der Waals surface area contributed by atoms with E-state index in [1.807, 2.05) is 18.2 Å². The SMILES string of the molecule is Sc1cnnn1Cc1ccccc1. The minimum Gasteiger partial charge on any atom is -0.235 e. The van der Waals surface area contributed by atoms with Crippen molar-refractivity contribution in [2.24, 2.45) is 0 Å². The first-order chi connectivity index (χ1) is 6.36. The maximum Gasteiger partial charge on any atom is 0.112 e. The van der Waals surface area contributed by atoms with Gasteiger partial charge in [0.15, 0.2) is 0 Å². The minimum absolute atomic E-state index is 0.722. The molecule has 0 aliphatic heterocycles. The van der Waals surface area contributed by atoms with Crippen LogP contribution < -0.4 is 0 Å². The third kappa shape index (κ3) is 1.89. The van der Waals surface area contributed by atoms with Crippen LogP contribution in [0.3, 0.4) is 0 Å². The molecule has 0 aliphatic rings. The van der Waals surface area contributed by atoms with Crippen LogP contribution in [0.5, 0.6) is 0 Å². The molecule has 0 aliphatic carbocycles. The molecule has 2 aromatic rings. The Morgan fingerprint density at radius 3 is 2.62 bits per heavy atom. The highest BCUT2D eigenvalue weighted by Crippen LogP contribution is 2.06. The van der Waals surface area contributed by atoms with Gasteiger partial charge in [0.05, 0.1) is 12.7 Å². The van der Waals surface area contributed by atoms with Gasteiger partial charge in [-0.25, -0.2) is 4.68 Å². The number of benzene rings is 1. The number of aromatic nitrogens is 3. The highest BCUT2D eigenvalue weighted by Gasteiger charge is 1.98. The molecule has 0 atom stereocenters. The zero-order chi connectivity index (χ0) is 9.10. The number of rotatable bonds is 2. The van der Waals surface area contributed by atoms with Crippen LogP contribution in [0.15, 0.2) is 41.6 Å². The van der Waals surface area contributed by atoms with Gasteiger partial charge < -0.3 is 0 Å². The zero-order valence-electron chi connectivity index (χ0n) is 6.96. The van der Waals surface area contributed by atoms with E-state index in [-0.39, 0.29) is 0 Å². The highest BCUT2D eigenvalue weighted by molar-refractivity contribution is 7.80. The summed E-state index contributed by atoms with van der Waals surface area (Å²) in [5, 5.41) is 8.44. The topological polar surface area (TPSA) is 30.7 Å². The van der Waals surface area contributed by atoms with Crippen molar-refractivity contribution in [3.8, 4) is 0 Å². The fraction of sp³-hybridized carbons (Fsp3) is 0.111. The molecule has 0 radical (unpaired) electrons. The van der Waals surface area contributed by atoms with Crippen molar-refractivity contribution < 1.29 is 0 Å². The molecule has 2 rings (SSSR count). The monoisotopic (exact) mass is 191 g/mol. The molecule has 0 fully saturated rings. The number of thiol groups is 1. The van der Waals surface area contributed by atoms with E-state index in [4.69, 9.17) is 0 Å². The second kappa shape index (κ2) is 3.62. The second-order valence-corrected chi connectivity index (χ2v) is 3.19. The minimum atomic E-state index is 0.722. The standard InChI is InChI=1S/C9H9N3S/c13-9-6-10-11-12(9)7-8-4-2-1-3-5-8/h1-6,13H,7H2. The van der Waals surface area contributed by atoms with E-state index in [0.29, 0.717) is 0 Å². The van der Waals surface area contributed by atoms with Crippen LogP contribution in [-0.4, -0.2) is 15.0 Å². The predicted molar refractivity (Wildman–Crippen MR) is 52.8 cm³/mol. The Hall–Kier alpha value is -1.29.